The van der Waals surface area contributed by atoms with Crippen LogP contribution in [0.1, 0.15) is 44.2 Å². The highest BCUT2D eigenvalue weighted by atomic mass is 35.5. The van der Waals surface area contributed by atoms with Gasteiger partial charge >= 0.3 is 0 Å². The second kappa shape index (κ2) is 7.77. The van der Waals surface area contributed by atoms with Gasteiger partial charge < -0.3 is 5.73 Å². The summed E-state index contributed by atoms with van der Waals surface area (Å²) in [6, 6.07) is 4.18. The van der Waals surface area contributed by atoms with E-state index in [4.69, 9.17) is 5.73 Å². The molecule has 0 radical (unpaired) electrons. The number of nitrogens with zero attached hydrogens (tertiary/aromatic N) is 1. The fourth-order valence-corrected chi connectivity index (χ4v) is 1.39. The lowest BCUT2D eigenvalue weighted by molar-refractivity contribution is 0.581. The van der Waals surface area contributed by atoms with E-state index >= 15 is 0 Å². The first kappa shape index (κ1) is 13.4. The molecular formula is C11H19ClN2. The zero-order valence-electron chi connectivity index (χ0n) is 8.65. The SMILES string of the molecule is CCCCC[C@H](N)c1ccncc1.Cl. The lowest BCUT2D eigenvalue weighted by atomic mass is 10.0. The average molecular weight is 215 g/mol. The lowest BCUT2D eigenvalue weighted by Crippen LogP contribution is -2.09. The molecule has 1 aromatic rings. The summed E-state index contributed by atoms with van der Waals surface area (Å²) in [6.45, 7) is 2.21. The van der Waals surface area contributed by atoms with Crippen molar-refractivity contribution in [3.8, 4) is 0 Å². The molecule has 0 aliphatic carbocycles. The first-order valence-electron chi connectivity index (χ1n) is 5.00. The minimum absolute atomic E-state index is 0. The molecule has 1 rings (SSSR count). The van der Waals surface area contributed by atoms with Crippen molar-refractivity contribution >= 4 is 12.4 Å². The second-order valence-corrected chi connectivity index (χ2v) is 3.38. The van der Waals surface area contributed by atoms with Gasteiger partial charge in [0.05, 0.1) is 0 Å². The van der Waals surface area contributed by atoms with Crippen molar-refractivity contribution in [1.29, 1.82) is 0 Å². The Balaban J connectivity index is 0.00000169. The molecule has 0 saturated heterocycles. The molecular weight excluding hydrogens is 196 g/mol. The number of halogens is 1. The third-order valence-corrected chi connectivity index (χ3v) is 2.25. The van der Waals surface area contributed by atoms with E-state index in [2.05, 4.69) is 11.9 Å². The van der Waals surface area contributed by atoms with Crippen LogP contribution >= 0.6 is 12.4 Å². The van der Waals surface area contributed by atoms with Crippen LogP contribution in [0.2, 0.25) is 0 Å². The van der Waals surface area contributed by atoms with Gasteiger partial charge in [-0.05, 0) is 24.1 Å². The molecule has 1 heterocycles. The Bertz CT molecular complexity index is 226. The molecule has 2 N–H and O–H groups in total. The maximum atomic E-state index is 6.01. The zero-order chi connectivity index (χ0) is 9.52. The quantitative estimate of drug-likeness (QED) is 0.766. The molecule has 0 amide bonds. The molecule has 0 fully saturated rings. The molecule has 3 heteroatoms. The van der Waals surface area contributed by atoms with Gasteiger partial charge in [0.2, 0.25) is 0 Å². The molecule has 14 heavy (non-hydrogen) atoms. The van der Waals surface area contributed by atoms with Gasteiger partial charge in [-0.2, -0.15) is 0 Å². The topological polar surface area (TPSA) is 38.9 Å². The van der Waals surface area contributed by atoms with Gasteiger partial charge in [0, 0.05) is 18.4 Å². The van der Waals surface area contributed by atoms with Crippen LogP contribution in [-0.4, -0.2) is 4.98 Å². The molecule has 2 nitrogen and oxygen atoms in total. The first-order valence-corrected chi connectivity index (χ1v) is 5.00. The van der Waals surface area contributed by atoms with E-state index in [-0.39, 0.29) is 18.4 Å². The monoisotopic (exact) mass is 214 g/mol. The Hall–Kier alpha value is -0.600. The Morgan fingerprint density at radius 2 is 1.93 bits per heavy atom. The lowest BCUT2D eigenvalue weighted by Gasteiger charge is -2.10. The van der Waals surface area contributed by atoms with E-state index in [1.54, 1.807) is 12.4 Å². The number of hydrogen-bond donors (Lipinski definition) is 1. The molecule has 0 spiro atoms. The zero-order valence-corrected chi connectivity index (χ0v) is 9.46. The second-order valence-electron chi connectivity index (χ2n) is 3.38. The normalized spacial score (nSPS) is 11.9. The van der Waals surface area contributed by atoms with E-state index in [1.165, 1.54) is 24.8 Å². The van der Waals surface area contributed by atoms with Crippen molar-refractivity contribution in [2.75, 3.05) is 0 Å². The van der Waals surface area contributed by atoms with Gasteiger partial charge in [0.1, 0.15) is 0 Å². The van der Waals surface area contributed by atoms with Crippen LogP contribution in [0.4, 0.5) is 0 Å². The highest BCUT2D eigenvalue weighted by molar-refractivity contribution is 5.85. The van der Waals surface area contributed by atoms with Crippen LogP contribution in [0.15, 0.2) is 24.5 Å². The first-order chi connectivity index (χ1) is 6.34. The highest BCUT2D eigenvalue weighted by Crippen LogP contribution is 2.15. The molecule has 1 atom stereocenters. The van der Waals surface area contributed by atoms with Crippen LogP contribution in [0.3, 0.4) is 0 Å². The summed E-state index contributed by atoms with van der Waals surface area (Å²) < 4.78 is 0. The van der Waals surface area contributed by atoms with Crippen molar-refractivity contribution in [1.82, 2.24) is 4.98 Å². The molecule has 0 unspecified atom stereocenters. The largest absolute Gasteiger partial charge is 0.324 e. The molecule has 0 aliphatic rings. The van der Waals surface area contributed by atoms with Crippen molar-refractivity contribution in [2.24, 2.45) is 5.73 Å². The van der Waals surface area contributed by atoms with Crippen molar-refractivity contribution in [3.63, 3.8) is 0 Å². The summed E-state index contributed by atoms with van der Waals surface area (Å²) in [5.41, 5.74) is 7.21. The molecule has 0 aromatic carbocycles. The minimum atomic E-state index is 0. The summed E-state index contributed by atoms with van der Waals surface area (Å²) in [5, 5.41) is 0. The molecule has 1 aromatic heterocycles. The van der Waals surface area contributed by atoms with Crippen LogP contribution in [-0.2, 0) is 0 Å². The Labute approximate surface area is 92.3 Å². The van der Waals surface area contributed by atoms with E-state index in [9.17, 15) is 0 Å². The fourth-order valence-electron chi connectivity index (χ4n) is 1.39. The van der Waals surface area contributed by atoms with Crippen molar-refractivity contribution in [3.05, 3.63) is 30.1 Å². The summed E-state index contributed by atoms with van der Waals surface area (Å²) in [4.78, 5) is 3.97. The Morgan fingerprint density at radius 3 is 2.50 bits per heavy atom. The van der Waals surface area contributed by atoms with Gasteiger partial charge in [0.25, 0.3) is 0 Å². The maximum absolute atomic E-state index is 6.01. The van der Waals surface area contributed by atoms with Crippen LogP contribution in [0, 0.1) is 0 Å². The standard InChI is InChI=1S/C11H18N2.ClH/c1-2-3-4-5-11(12)10-6-8-13-9-7-10;/h6-9,11H,2-5,12H2,1H3;1H/t11-;/m0./s1. The van der Waals surface area contributed by atoms with E-state index in [1.807, 2.05) is 12.1 Å². The fraction of sp³-hybridized carbons (Fsp3) is 0.545. The van der Waals surface area contributed by atoms with Crippen LogP contribution in [0.5, 0.6) is 0 Å². The summed E-state index contributed by atoms with van der Waals surface area (Å²) in [6.07, 6.45) is 8.43. The number of aromatic nitrogens is 1. The van der Waals surface area contributed by atoms with Crippen LogP contribution < -0.4 is 5.73 Å². The third-order valence-electron chi connectivity index (χ3n) is 2.25. The smallest absolute Gasteiger partial charge is 0.0295 e. The van der Waals surface area contributed by atoms with Gasteiger partial charge in [-0.25, -0.2) is 0 Å². The highest BCUT2D eigenvalue weighted by Gasteiger charge is 2.03. The van der Waals surface area contributed by atoms with Crippen molar-refractivity contribution in [2.45, 2.75) is 38.6 Å². The number of hydrogen-bond acceptors (Lipinski definition) is 2. The summed E-state index contributed by atoms with van der Waals surface area (Å²) in [5.74, 6) is 0. The Kier molecular flexibility index (Phi) is 7.44. The molecule has 0 saturated carbocycles. The number of pyridine rings is 1. The third kappa shape index (κ3) is 4.58. The van der Waals surface area contributed by atoms with Crippen molar-refractivity contribution < 1.29 is 0 Å². The summed E-state index contributed by atoms with van der Waals surface area (Å²) >= 11 is 0. The van der Waals surface area contributed by atoms with Gasteiger partial charge in [-0.1, -0.05) is 26.2 Å². The average Bonchev–Trinajstić information content (AvgIpc) is 2.19. The van der Waals surface area contributed by atoms with Gasteiger partial charge in [0.15, 0.2) is 0 Å². The molecule has 0 bridgehead atoms. The number of rotatable bonds is 5. The van der Waals surface area contributed by atoms with Gasteiger partial charge in [-0.3, -0.25) is 4.98 Å². The van der Waals surface area contributed by atoms with Crippen LogP contribution in [0.25, 0.3) is 0 Å². The predicted molar refractivity (Wildman–Crippen MR) is 62.6 cm³/mol. The van der Waals surface area contributed by atoms with E-state index in [0.29, 0.717) is 0 Å². The molecule has 0 aliphatic heterocycles. The van der Waals surface area contributed by atoms with E-state index in [0.717, 1.165) is 6.42 Å². The van der Waals surface area contributed by atoms with Gasteiger partial charge in [-0.15, -0.1) is 12.4 Å². The number of unbranched alkanes of at least 4 members (excludes halogenated alkanes) is 2. The maximum Gasteiger partial charge on any atom is 0.0295 e. The predicted octanol–water partition coefficient (Wildman–Crippen LogP) is 3.08. The Morgan fingerprint density at radius 1 is 1.29 bits per heavy atom. The minimum Gasteiger partial charge on any atom is -0.324 e. The number of nitrogens with two attached hydrogens (primary N) is 1. The van der Waals surface area contributed by atoms with E-state index < -0.39 is 0 Å². The molecule has 80 valence electrons. The summed E-state index contributed by atoms with van der Waals surface area (Å²) in [7, 11) is 0.